The van der Waals surface area contributed by atoms with Gasteiger partial charge < -0.3 is 42.1 Å². The Morgan fingerprint density at radius 2 is 1.49 bits per heavy atom. The van der Waals surface area contributed by atoms with Crippen LogP contribution in [0.4, 0.5) is 0 Å². The van der Waals surface area contributed by atoms with Crippen LogP contribution < -0.4 is 21.7 Å². The first-order valence-electron chi connectivity index (χ1n) is 10.9. The molecule has 1 rings (SSSR count). The predicted octanol–water partition coefficient (Wildman–Crippen LogP) is -1.69. The Morgan fingerprint density at radius 1 is 0.914 bits per heavy atom. The number of aromatic hydroxyl groups is 1. The molecule has 0 fully saturated rings. The van der Waals surface area contributed by atoms with Gasteiger partial charge in [0.15, 0.2) is 0 Å². The fourth-order valence-electron chi connectivity index (χ4n) is 3.04. The van der Waals surface area contributed by atoms with Gasteiger partial charge in [-0.05, 0) is 30.0 Å². The number of nitrogens with two attached hydrogens (primary N) is 1. The van der Waals surface area contributed by atoms with Crippen molar-refractivity contribution in [3.8, 4) is 5.75 Å². The standard InChI is InChI=1S/C22H32N4O9/c1-3-11(2)18(26-19(31)14(23)8-12-4-6-13(28)7-5-12)21(33)25-16(10-27)20(32)24-15(22(34)35)9-17(29)30/h4-7,11,14-16,18,27-28H,3,8-10,23H2,1-2H3,(H,24,32)(H,25,33)(H,26,31)(H,29,30)(H,34,35). The molecule has 35 heavy (non-hydrogen) atoms. The van der Waals surface area contributed by atoms with Crippen molar-refractivity contribution in [1.29, 1.82) is 0 Å². The normalized spacial score (nSPS) is 15.1. The Morgan fingerprint density at radius 3 is 1.97 bits per heavy atom. The van der Waals surface area contributed by atoms with Crippen molar-refractivity contribution in [2.75, 3.05) is 6.61 Å². The SMILES string of the molecule is CCC(C)C(NC(=O)C(N)Cc1ccc(O)cc1)C(=O)NC(CO)C(=O)NC(CC(=O)O)C(=O)O. The second-order valence-electron chi connectivity index (χ2n) is 8.09. The molecule has 0 aliphatic rings. The first kappa shape index (κ1) is 29.3. The highest BCUT2D eigenvalue weighted by Gasteiger charge is 2.32. The summed E-state index contributed by atoms with van der Waals surface area (Å²) in [6.45, 7) is 2.54. The van der Waals surface area contributed by atoms with Gasteiger partial charge in [0.05, 0.1) is 19.1 Å². The summed E-state index contributed by atoms with van der Waals surface area (Å²) < 4.78 is 0. The minimum atomic E-state index is -1.77. The molecule has 1 aromatic carbocycles. The molecule has 1 aromatic rings. The molecule has 0 radical (unpaired) electrons. The van der Waals surface area contributed by atoms with Crippen LogP contribution in [-0.4, -0.2) is 80.9 Å². The smallest absolute Gasteiger partial charge is 0.326 e. The maximum absolute atomic E-state index is 12.9. The molecule has 0 aromatic heterocycles. The van der Waals surface area contributed by atoms with Gasteiger partial charge >= 0.3 is 11.9 Å². The van der Waals surface area contributed by atoms with Crippen LogP contribution in [0.2, 0.25) is 0 Å². The number of carboxylic acid groups (broad SMARTS) is 2. The van der Waals surface area contributed by atoms with Crippen LogP contribution in [0.1, 0.15) is 32.3 Å². The van der Waals surface area contributed by atoms with Gasteiger partial charge in [0.25, 0.3) is 0 Å². The Labute approximate surface area is 201 Å². The molecule has 0 aliphatic heterocycles. The van der Waals surface area contributed by atoms with Crippen molar-refractivity contribution in [3.63, 3.8) is 0 Å². The Kier molecular flexibility index (Phi) is 11.6. The second-order valence-corrected chi connectivity index (χ2v) is 8.09. The summed E-state index contributed by atoms with van der Waals surface area (Å²) >= 11 is 0. The summed E-state index contributed by atoms with van der Waals surface area (Å²) in [7, 11) is 0. The van der Waals surface area contributed by atoms with Crippen LogP contribution in [0.15, 0.2) is 24.3 Å². The maximum atomic E-state index is 12.9. The third-order valence-electron chi connectivity index (χ3n) is 5.33. The number of carbonyl (C=O) groups is 5. The molecule has 0 spiro atoms. The number of phenolic OH excluding ortho intramolecular Hbond substituents is 1. The Bertz CT molecular complexity index is 907. The van der Waals surface area contributed by atoms with Crippen molar-refractivity contribution in [1.82, 2.24) is 16.0 Å². The number of carboxylic acids is 2. The van der Waals surface area contributed by atoms with E-state index < -0.39 is 72.8 Å². The molecule has 0 bridgehead atoms. The van der Waals surface area contributed by atoms with Crippen molar-refractivity contribution in [2.24, 2.45) is 11.7 Å². The van der Waals surface area contributed by atoms with E-state index in [0.29, 0.717) is 12.0 Å². The summed E-state index contributed by atoms with van der Waals surface area (Å²) in [6.07, 6.45) is -0.318. The van der Waals surface area contributed by atoms with Crippen molar-refractivity contribution < 1.29 is 44.4 Å². The number of aliphatic hydroxyl groups is 1. The van der Waals surface area contributed by atoms with Crippen molar-refractivity contribution in [3.05, 3.63) is 29.8 Å². The van der Waals surface area contributed by atoms with Gasteiger partial charge in [-0.15, -0.1) is 0 Å². The van der Waals surface area contributed by atoms with Gasteiger partial charge in [0, 0.05) is 0 Å². The molecule has 0 saturated heterocycles. The molecule has 5 unspecified atom stereocenters. The zero-order valence-electron chi connectivity index (χ0n) is 19.4. The lowest BCUT2D eigenvalue weighted by Gasteiger charge is -2.27. The van der Waals surface area contributed by atoms with E-state index >= 15 is 0 Å². The Balaban J connectivity index is 2.88. The topological polar surface area (TPSA) is 228 Å². The number of benzene rings is 1. The summed E-state index contributed by atoms with van der Waals surface area (Å²) in [6, 6.07) is 0.571. The third-order valence-corrected chi connectivity index (χ3v) is 5.33. The van der Waals surface area contributed by atoms with Crippen LogP contribution in [0.25, 0.3) is 0 Å². The molecule has 5 atom stereocenters. The molecule has 0 saturated carbocycles. The average molecular weight is 497 g/mol. The number of amides is 3. The van der Waals surface area contributed by atoms with E-state index in [1.807, 2.05) is 5.32 Å². The monoisotopic (exact) mass is 496 g/mol. The second kappa shape index (κ2) is 13.9. The van der Waals surface area contributed by atoms with Crippen LogP contribution in [-0.2, 0) is 30.4 Å². The molecule has 13 heteroatoms. The lowest BCUT2D eigenvalue weighted by molar-refractivity contribution is -0.147. The lowest BCUT2D eigenvalue weighted by atomic mass is 9.97. The summed E-state index contributed by atoms with van der Waals surface area (Å²) in [5.41, 5.74) is 6.64. The number of hydrogen-bond donors (Lipinski definition) is 8. The summed E-state index contributed by atoms with van der Waals surface area (Å²) in [5.74, 6) is -5.98. The van der Waals surface area contributed by atoms with E-state index in [1.54, 1.807) is 26.0 Å². The number of aliphatic hydroxyl groups excluding tert-OH is 1. The number of aliphatic carboxylic acids is 2. The highest BCUT2D eigenvalue weighted by atomic mass is 16.4. The number of hydrogen-bond acceptors (Lipinski definition) is 8. The van der Waals surface area contributed by atoms with E-state index in [-0.39, 0.29) is 12.2 Å². The van der Waals surface area contributed by atoms with Gasteiger partial charge in [-0.3, -0.25) is 19.2 Å². The van der Waals surface area contributed by atoms with E-state index in [4.69, 9.17) is 15.9 Å². The molecule has 9 N–H and O–H groups in total. The van der Waals surface area contributed by atoms with E-state index in [0.717, 1.165) is 0 Å². The number of phenols is 1. The fraction of sp³-hybridized carbons (Fsp3) is 0.500. The molecule has 3 amide bonds. The molecule has 194 valence electrons. The predicted molar refractivity (Wildman–Crippen MR) is 122 cm³/mol. The molecular formula is C22H32N4O9. The molecule has 13 nitrogen and oxygen atoms in total. The van der Waals surface area contributed by atoms with E-state index in [1.165, 1.54) is 12.1 Å². The van der Waals surface area contributed by atoms with Crippen LogP contribution in [0.3, 0.4) is 0 Å². The van der Waals surface area contributed by atoms with Gasteiger partial charge in [0.2, 0.25) is 17.7 Å². The number of rotatable bonds is 14. The molecule has 0 aliphatic carbocycles. The highest BCUT2D eigenvalue weighted by molar-refractivity contribution is 5.94. The number of nitrogens with one attached hydrogen (secondary N) is 3. The van der Waals surface area contributed by atoms with Crippen LogP contribution in [0, 0.1) is 5.92 Å². The number of carbonyl (C=O) groups excluding carboxylic acids is 3. The molecular weight excluding hydrogens is 464 g/mol. The van der Waals surface area contributed by atoms with Crippen LogP contribution in [0.5, 0.6) is 5.75 Å². The summed E-state index contributed by atoms with van der Waals surface area (Å²) in [5, 5.41) is 43.5. The van der Waals surface area contributed by atoms with Crippen molar-refractivity contribution >= 4 is 29.7 Å². The average Bonchev–Trinajstić information content (AvgIpc) is 2.80. The van der Waals surface area contributed by atoms with Crippen molar-refractivity contribution in [2.45, 2.75) is 57.3 Å². The first-order chi connectivity index (χ1) is 16.4. The zero-order valence-corrected chi connectivity index (χ0v) is 19.4. The van der Waals surface area contributed by atoms with Gasteiger partial charge in [-0.2, -0.15) is 0 Å². The lowest BCUT2D eigenvalue weighted by Crippen LogP contribution is -2.59. The summed E-state index contributed by atoms with van der Waals surface area (Å²) in [4.78, 5) is 59.9. The van der Waals surface area contributed by atoms with Gasteiger partial charge in [-0.25, -0.2) is 4.79 Å². The minimum absolute atomic E-state index is 0.0559. The van der Waals surface area contributed by atoms with Crippen LogP contribution >= 0.6 is 0 Å². The largest absolute Gasteiger partial charge is 0.508 e. The molecule has 0 heterocycles. The fourth-order valence-corrected chi connectivity index (χ4v) is 3.04. The quantitative estimate of drug-likeness (QED) is 0.146. The first-order valence-corrected chi connectivity index (χ1v) is 10.9. The Hall–Kier alpha value is -3.71. The minimum Gasteiger partial charge on any atom is -0.508 e. The van der Waals surface area contributed by atoms with Gasteiger partial charge in [-0.1, -0.05) is 32.4 Å². The maximum Gasteiger partial charge on any atom is 0.326 e. The van der Waals surface area contributed by atoms with Gasteiger partial charge in [0.1, 0.15) is 23.9 Å². The van der Waals surface area contributed by atoms with E-state index in [2.05, 4.69) is 10.6 Å². The van der Waals surface area contributed by atoms with E-state index in [9.17, 15) is 34.2 Å². The third kappa shape index (κ3) is 9.59. The zero-order chi connectivity index (χ0) is 26.7. The highest BCUT2D eigenvalue weighted by Crippen LogP contribution is 2.12.